The van der Waals surface area contributed by atoms with E-state index in [2.05, 4.69) is 15.0 Å². The number of aromatic nitrogens is 3. The van der Waals surface area contributed by atoms with Crippen LogP contribution in [0.5, 0.6) is 34.5 Å². The first-order valence-corrected chi connectivity index (χ1v) is 18.3. The second-order valence-electron chi connectivity index (χ2n) is 13.4. The summed E-state index contributed by atoms with van der Waals surface area (Å²) < 4.78 is 49.2. The number of esters is 9. The van der Waals surface area contributed by atoms with E-state index in [0.717, 1.165) is 62.9 Å². The molecule has 0 aliphatic carbocycles. The van der Waals surface area contributed by atoms with Gasteiger partial charge in [-0.25, -0.2) is 14.4 Å². The van der Waals surface area contributed by atoms with E-state index in [4.69, 9.17) is 42.6 Å². The molecule has 0 saturated heterocycles. The number of ether oxygens (including phenoxy) is 9. The van der Waals surface area contributed by atoms with E-state index in [0.29, 0.717) is 0 Å². The van der Waals surface area contributed by atoms with Crippen LogP contribution in [0.25, 0.3) is 55.0 Å². The molecule has 0 spiro atoms. The molecule has 6 aromatic rings. The molecule has 3 aromatic heterocycles. The third-order valence-corrected chi connectivity index (χ3v) is 8.89. The number of rotatable bonds is 11. The molecule has 0 amide bonds. The number of methoxy groups -OCH3 is 3. The molecule has 0 atom stereocenters. The molecule has 0 fully saturated rings. The van der Waals surface area contributed by atoms with Gasteiger partial charge >= 0.3 is 53.7 Å². The van der Waals surface area contributed by atoms with E-state index in [9.17, 15) is 43.2 Å². The van der Waals surface area contributed by atoms with Crippen LogP contribution in [-0.2, 0) is 43.0 Å². The Morgan fingerprint density at radius 1 is 0.365 bits per heavy atom. The molecule has 326 valence electrons. The van der Waals surface area contributed by atoms with Gasteiger partial charge in [0.05, 0.1) is 43.4 Å². The summed E-state index contributed by atoms with van der Waals surface area (Å²) in [5.74, 6) is -11.6. The highest BCUT2D eigenvalue weighted by molar-refractivity contribution is 6.21. The summed E-state index contributed by atoms with van der Waals surface area (Å²) in [5.41, 5.74) is -1.89. The molecule has 0 aliphatic rings. The maximum atomic E-state index is 13.4. The van der Waals surface area contributed by atoms with Gasteiger partial charge in [-0.1, -0.05) is 0 Å². The van der Waals surface area contributed by atoms with Crippen molar-refractivity contribution in [3.63, 3.8) is 0 Å². The Balaban J connectivity index is 2.01. The van der Waals surface area contributed by atoms with Crippen molar-refractivity contribution in [2.24, 2.45) is 0 Å². The fraction of sp³-hybridized carbons (Fsp3) is 0.214. The van der Waals surface area contributed by atoms with E-state index < -0.39 is 88.2 Å². The van der Waals surface area contributed by atoms with Gasteiger partial charge in [0, 0.05) is 86.5 Å². The summed E-state index contributed by atoms with van der Waals surface area (Å²) >= 11 is 0. The predicted molar refractivity (Wildman–Crippen MR) is 215 cm³/mol. The van der Waals surface area contributed by atoms with Crippen LogP contribution < -0.4 is 28.4 Å². The van der Waals surface area contributed by atoms with E-state index in [1.165, 1.54) is 30.3 Å². The van der Waals surface area contributed by atoms with Crippen LogP contribution in [0.15, 0.2) is 30.3 Å². The molecule has 3 aromatic carbocycles. The molecule has 0 bridgehead atoms. The standard InChI is InChI=1S/C42H35N3O18/c1-15(46)58-29-13-24-21(10-26(43-24)40(52)55-7)31(36(29)60-17(3)48)33-23-12-28(42(54)57-9)45-35(23)34(39(63-20(6)51)38(33)62-19(5)50)32-22-11-27(41(53)56-8)44-25(22)14-30(59-16(2)47)37(32)61-18(4)49/h10-14,43-45H,1-9H3. The van der Waals surface area contributed by atoms with Gasteiger partial charge in [0.1, 0.15) is 17.1 Å². The zero-order chi connectivity index (χ0) is 46.2. The van der Waals surface area contributed by atoms with Gasteiger partial charge in [-0.2, -0.15) is 0 Å². The Bertz CT molecular complexity index is 2810. The summed E-state index contributed by atoms with van der Waals surface area (Å²) in [6.45, 7) is 6.14. The number of carbonyl (C=O) groups is 9. The van der Waals surface area contributed by atoms with Crippen LogP contribution in [0.1, 0.15) is 73.0 Å². The Hall–Kier alpha value is -8.49. The van der Waals surface area contributed by atoms with Crippen molar-refractivity contribution in [2.45, 2.75) is 41.5 Å². The van der Waals surface area contributed by atoms with Crippen molar-refractivity contribution in [1.82, 2.24) is 15.0 Å². The van der Waals surface area contributed by atoms with Crippen LogP contribution >= 0.6 is 0 Å². The van der Waals surface area contributed by atoms with E-state index >= 15 is 0 Å². The summed E-state index contributed by atoms with van der Waals surface area (Å²) in [6.07, 6.45) is 0. The van der Waals surface area contributed by atoms with Gasteiger partial charge in [0.15, 0.2) is 34.5 Å². The Morgan fingerprint density at radius 3 is 1.03 bits per heavy atom. The SMILES string of the molecule is COC(=O)c1cc2c(-c3c(OC(C)=O)c(OC(C)=O)c(-c4c(OC(C)=O)c(OC(C)=O)cc5[nH]c(C(=O)OC)cc45)c4[nH]c(C(=O)OC)cc34)c(OC(C)=O)c(OC(C)=O)cc2[nH]1. The van der Waals surface area contributed by atoms with Crippen LogP contribution in [0, 0.1) is 0 Å². The molecule has 0 unspecified atom stereocenters. The van der Waals surface area contributed by atoms with Crippen LogP contribution in [0.3, 0.4) is 0 Å². The summed E-state index contributed by atoms with van der Waals surface area (Å²) in [5, 5.41) is -0.0920. The first-order valence-electron chi connectivity index (χ1n) is 18.3. The van der Waals surface area contributed by atoms with Gasteiger partial charge in [-0.05, 0) is 18.2 Å². The highest BCUT2D eigenvalue weighted by Gasteiger charge is 2.36. The van der Waals surface area contributed by atoms with E-state index in [1.807, 2.05) is 0 Å². The number of hydrogen-bond acceptors (Lipinski definition) is 18. The number of nitrogens with one attached hydrogen (secondary N) is 3. The normalized spacial score (nSPS) is 10.9. The minimum Gasteiger partial charge on any atom is -0.464 e. The zero-order valence-electron chi connectivity index (χ0n) is 34.7. The van der Waals surface area contributed by atoms with Gasteiger partial charge in [0.2, 0.25) is 0 Å². The molecular weight excluding hydrogens is 834 g/mol. The first kappa shape index (κ1) is 44.1. The van der Waals surface area contributed by atoms with E-state index in [-0.39, 0.29) is 72.0 Å². The molecule has 0 saturated carbocycles. The third-order valence-electron chi connectivity index (χ3n) is 8.89. The van der Waals surface area contributed by atoms with Crippen LogP contribution in [-0.4, -0.2) is 90.0 Å². The van der Waals surface area contributed by atoms with Crippen molar-refractivity contribution in [3.05, 3.63) is 47.4 Å². The maximum absolute atomic E-state index is 13.4. The van der Waals surface area contributed by atoms with Crippen LogP contribution in [0.2, 0.25) is 0 Å². The number of aromatic amines is 3. The first-order chi connectivity index (χ1) is 29.8. The summed E-state index contributed by atoms with van der Waals surface area (Å²) in [6, 6.07) is 6.23. The molecule has 0 aliphatic heterocycles. The van der Waals surface area contributed by atoms with Gasteiger partial charge in [0.25, 0.3) is 0 Å². The van der Waals surface area contributed by atoms with Crippen molar-refractivity contribution >= 4 is 86.4 Å². The quantitative estimate of drug-likeness (QED) is 0.0837. The molecule has 3 heterocycles. The van der Waals surface area contributed by atoms with Crippen molar-refractivity contribution in [1.29, 1.82) is 0 Å². The molecule has 21 heteroatoms. The topological polar surface area (TPSA) is 284 Å². The Labute approximate surface area is 353 Å². The Kier molecular flexibility index (Phi) is 12.1. The number of hydrogen-bond donors (Lipinski definition) is 3. The minimum atomic E-state index is -1.05. The monoisotopic (exact) mass is 869 g/mol. The number of H-pyrrole nitrogens is 3. The fourth-order valence-electron chi connectivity index (χ4n) is 6.86. The predicted octanol–water partition coefficient (Wildman–Crippen LogP) is 5.38. The molecular formula is C42H35N3O18. The lowest BCUT2D eigenvalue weighted by Crippen LogP contribution is -2.12. The van der Waals surface area contributed by atoms with Gasteiger partial charge in [-0.15, -0.1) is 0 Å². The highest BCUT2D eigenvalue weighted by Crippen LogP contribution is 2.59. The average Bonchev–Trinajstić information content (AvgIpc) is 3.95. The summed E-state index contributed by atoms with van der Waals surface area (Å²) in [7, 11) is 3.29. The lowest BCUT2D eigenvalue weighted by Gasteiger charge is -2.23. The van der Waals surface area contributed by atoms with Crippen molar-refractivity contribution in [3.8, 4) is 56.8 Å². The maximum Gasteiger partial charge on any atom is 0.354 e. The zero-order valence-corrected chi connectivity index (χ0v) is 34.7. The van der Waals surface area contributed by atoms with Gasteiger partial charge < -0.3 is 57.6 Å². The molecule has 3 N–H and O–H groups in total. The third kappa shape index (κ3) is 8.46. The lowest BCUT2D eigenvalue weighted by atomic mass is 9.89. The molecule has 0 radical (unpaired) electrons. The molecule has 63 heavy (non-hydrogen) atoms. The number of benzene rings is 3. The highest BCUT2D eigenvalue weighted by atomic mass is 16.6. The molecule has 6 rings (SSSR count). The second-order valence-corrected chi connectivity index (χ2v) is 13.4. The molecule has 21 nitrogen and oxygen atoms in total. The summed E-state index contributed by atoms with van der Waals surface area (Å²) in [4.78, 5) is 125. The smallest absolute Gasteiger partial charge is 0.354 e. The van der Waals surface area contributed by atoms with Crippen molar-refractivity contribution in [2.75, 3.05) is 21.3 Å². The number of fused-ring (bicyclic) bond motifs is 3. The lowest BCUT2D eigenvalue weighted by molar-refractivity contribution is -0.134. The average molecular weight is 870 g/mol. The largest absolute Gasteiger partial charge is 0.464 e. The van der Waals surface area contributed by atoms with Gasteiger partial charge in [-0.3, -0.25) is 28.8 Å². The number of carbonyl (C=O) groups excluding carboxylic acids is 9. The minimum absolute atomic E-state index is 0.0150. The second kappa shape index (κ2) is 17.2. The Morgan fingerprint density at radius 2 is 0.667 bits per heavy atom. The van der Waals surface area contributed by atoms with Crippen molar-refractivity contribution < 1.29 is 85.8 Å². The fourth-order valence-corrected chi connectivity index (χ4v) is 6.86. The van der Waals surface area contributed by atoms with E-state index in [1.54, 1.807) is 0 Å². The van der Waals surface area contributed by atoms with Crippen LogP contribution in [0.4, 0.5) is 0 Å².